The second-order valence-electron chi connectivity index (χ2n) is 4.49. The van der Waals surface area contributed by atoms with Crippen molar-refractivity contribution in [2.75, 3.05) is 0 Å². The van der Waals surface area contributed by atoms with Crippen LogP contribution in [0.5, 0.6) is 0 Å². The number of para-hydroxylation sites is 2. The third kappa shape index (κ3) is 2.57. The summed E-state index contributed by atoms with van der Waals surface area (Å²) in [7, 11) is 0. The average Bonchev–Trinajstić information content (AvgIpc) is 2.70. The lowest BCUT2D eigenvalue weighted by Crippen LogP contribution is -2.29. The molecule has 0 spiro atoms. The zero-order chi connectivity index (χ0) is 15.9. The molecule has 0 unspecified atom stereocenters. The Labute approximate surface area is 126 Å². The molecule has 114 valence electrons. The molecule has 0 saturated carbocycles. The maximum absolute atomic E-state index is 12.7. The van der Waals surface area contributed by atoms with Crippen LogP contribution < -0.4 is 5.69 Å². The molecule has 0 aliphatic rings. The number of benzene rings is 1. The molecule has 0 aliphatic carbocycles. The van der Waals surface area contributed by atoms with Crippen molar-refractivity contribution in [1.82, 2.24) is 19.1 Å². The standard InChI is InChI=1S/C13H8ClF3N4O/c14-11-18-6-5-10(19-11)21-9-4-2-1-3-8(9)20(12(21)22)7-13(15,16)17/h1-6H,7H2. The zero-order valence-corrected chi connectivity index (χ0v) is 11.6. The van der Waals surface area contributed by atoms with Gasteiger partial charge in [0, 0.05) is 12.3 Å². The fourth-order valence-electron chi connectivity index (χ4n) is 2.21. The van der Waals surface area contributed by atoms with E-state index in [0.717, 1.165) is 4.57 Å². The van der Waals surface area contributed by atoms with Crippen LogP contribution in [-0.4, -0.2) is 25.3 Å². The van der Waals surface area contributed by atoms with E-state index in [1.807, 2.05) is 0 Å². The number of nitrogens with zero attached hydrogens (tertiary/aromatic N) is 4. The highest BCUT2D eigenvalue weighted by Gasteiger charge is 2.31. The number of imidazole rings is 1. The molecule has 0 radical (unpaired) electrons. The van der Waals surface area contributed by atoms with Gasteiger partial charge in [0.25, 0.3) is 0 Å². The maximum atomic E-state index is 12.7. The van der Waals surface area contributed by atoms with Gasteiger partial charge in [0.15, 0.2) is 0 Å². The molecule has 0 bridgehead atoms. The van der Waals surface area contributed by atoms with Crippen molar-refractivity contribution < 1.29 is 13.2 Å². The Kier molecular flexibility index (Phi) is 3.40. The maximum Gasteiger partial charge on any atom is 0.406 e. The molecule has 3 aromatic rings. The highest BCUT2D eigenvalue weighted by Crippen LogP contribution is 2.22. The van der Waals surface area contributed by atoms with Crippen molar-refractivity contribution in [1.29, 1.82) is 0 Å². The van der Waals surface area contributed by atoms with Gasteiger partial charge in [-0.2, -0.15) is 18.2 Å². The van der Waals surface area contributed by atoms with E-state index in [9.17, 15) is 18.0 Å². The monoisotopic (exact) mass is 328 g/mol. The van der Waals surface area contributed by atoms with Gasteiger partial charge in [-0.15, -0.1) is 0 Å². The van der Waals surface area contributed by atoms with Crippen LogP contribution >= 0.6 is 11.6 Å². The minimum atomic E-state index is -4.51. The van der Waals surface area contributed by atoms with Gasteiger partial charge >= 0.3 is 11.9 Å². The predicted molar refractivity (Wildman–Crippen MR) is 74.2 cm³/mol. The van der Waals surface area contributed by atoms with Gasteiger partial charge in [-0.25, -0.2) is 14.3 Å². The lowest BCUT2D eigenvalue weighted by Gasteiger charge is -2.06. The van der Waals surface area contributed by atoms with Crippen molar-refractivity contribution in [2.45, 2.75) is 12.7 Å². The van der Waals surface area contributed by atoms with Crippen LogP contribution in [0.4, 0.5) is 13.2 Å². The molecule has 0 fully saturated rings. The van der Waals surface area contributed by atoms with Crippen LogP contribution in [0.2, 0.25) is 5.28 Å². The van der Waals surface area contributed by atoms with Gasteiger partial charge in [0.05, 0.1) is 11.0 Å². The smallest absolute Gasteiger partial charge is 0.282 e. The first kappa shape index (κ1) is 14.6. The van der Waals surface area contributed by atoms with Gasteiger partial charge in [-0.05, 0) is 23.7 Å². The molecule has 22 heavy (non-hydrogen) atoms. The third-order valence-electron chi connectivity index (χ3n) is 3.01. The molecular formula is C13H8ClF3N4O. The van der Waals surface area contributed by atoms with E-state index in [4.69, 9.17) is 11.6 Å². The van der Waals surface area contributed by atoms with Crippen LogP contribution in [0.1, 0.15) is 0 Å². The lowest BCUT2D eigenvalue weighted by molar-refractivity contribution is -0.140. The molecular weight excluding hydrogens is 321 g/mol. The quantitative estimate of drug-likeness (QED) is 0.680. The molecule has 0 amide bonds. The molecule has 0 saturated heterocycles. The van der Waals surface area contributed by atoms with Crippen molar-refractivity contribution in [3.8, 4) is 5.82 Å². The van der Waals surface area contributed by atoms with E-state index >= 15 is 0 Å². The van der Waals surface area contributed by atoms with E-state index in [2.05, 4.69) is 9.97 Å². The molecule has 2 aromatic heterocycles. The number of hydrogen-bond donors (Lipinski definition) is 0. The first-order valence-corrected chi connectivity index (χ1v) is 6.50. The van der Waals surface area contributed by atoms with Gasteiger partial charge < -0.3 is 0 Å². The van der Waals surface area contributed by atoms with E-state index in [0.29, 0.717) is 10.1 Å². The van der Waals surface area contributed by atoms with Gasteiger partial charge in [-0.1, -0.05) is 12.1 Å². The second-order valence-corrected chi connectivity index (χ2v) is 4.83. The molecule has 2 heterocycles. The topological polar surface area (TPSA) is 52.7 Å². The average molecular weight is 329 g/mol. The van der Waals surface area contributed by atoms with Crippen LogP contribution in [0, 0.1) is 0 Å². The normalized spacial score (nSPS) is 12.0. The Bertz CT molecular complexity index is 900. The largest absolute Gasteiger partial charge is 0.406 e. The summed E-state index contributed by atoms with van der Waals surface area (Å²) in [6.45, 7) is -1.38. The summed E-state index contributed by atoms with van der Waals surface area (Å²) in [4.78, 5) is 20.0. The highest BCUT2D eigenvalue weighted by molar-refractivity contribution is 6.28. The second kappa shape index (κ2) is 5.13. The molecule has 5 nitrogen and oxygen atoms in total. The van der Waals surface area contributed by atoms with Crippen LogP contribution in [-0.2, 0) is 6.54 Å². The van der Waals surface area contributed by atoms with Crippen molar-refractivity contribution in [2.24, 2.45) is 0 Å². The van der Waals surface area contributed by atoms with Crippen LogP contribution in [0.3, 0.4) is 0 Å². The van der Waals surface area contributed by atoms with Gasteiger partial charge in [0.1, 0.15) is 12.4 Å². The summed E-state index contributed by atoms with van der Waals surface area (Å²) >= 11 is 5.69. The van der Waals surface area contributed by atoms with E-state index in [1.54, 1.807) is 18.2 Å². The van der Waals surface area contributed by atoms with Crippen molar-refractivity contribution in [3.05, 3.63) is 52.3 Å². The van der Waals surface area contributed by atoms with Gasteiger partial charge in [-0.3, -0.25) is 4.57 Å². The Morgan fingerprint density at radius 1 is 1.14 bits per heavy atom. The van der Waals surface area contributed by atoms with Crippen LogP contribution in [0.15, 0.2) is 41.3 Å². The molecule has 0 N–H and O–H groups in total. The van der Waals surface area contributed by atoms with Crippen LogP contribution in [0.25, 0.3) is 16.9 Å². The minimum absolute atomic E-state index is 0.1000. The number of halogens is 4. The third-order valence-corrected chi connectivity index (χ3v) is 3.20. The van der Waals surface area contributed by atoms with Gasteiger partial charge in [0.2, 0.25) is 5.28 Å². The minimum Gasteiger partial charge on any atom is -0.282 e. The molecule has 0 aliphatic heterocycles. The molecule has 1 aromatic carbocycles. The molecule has 3 rings (SSSR count). The Balaban J connectivity index is 2.32. The predicted octanol–water partition coefficient (Wildman–Crippen LogP) is 2.80. The fourth-order valence-corrected chi connectivity index (χ4v) is 2.36. The first-order chi connectivity index (χ1) is 10.4. The van der Waals surface area contributed by atoms with E-state index in [1.165, 1.54) is 18.3 Å². The number of hydrogen-bond acceptors (Lipinski definition) is 3. The van der Waals surface area contributed by atoms with E-state index in [-0.39, 0.29) is 16.6 Å². The highest BCUT2D eigenvalue weighted by atomic mass is 35.5. The summed E-state index contributed by atoms with van der Waals surface area (Å²) < 4.78 is 39.9. The first-order valence-electron chi connectivity index (χ1n) is 6.13. The number of alkyl halides is 3. The Hall–Kier alpha value is -2.35. The number of fused-ring (bicyclic) bond motifs is 1. The summed E-state index contributed by atoms with van der Waals surface area (Å²) in [5, 5.41) is -0.1000. The van der Waals surface area contributed by atoms with Crippen molar-refractivity contribution >= 4 is 22.6 Å². The molecule has 0 atom stereocenters. The zero-order valence-electron chi connectivity index (χ0n) is 10.9. The number of rotatable bonds is 2. The summed E-state index contributed by atoms with van der Waals surface area (Å²) in [6.07, 6.45) is -3.19. The number of aromatic nitrogens is 4. The Morgan fingerprint density at radius 3 is 2.45 bits per heavy atom. The lowest BCUT2D eigenvalue weighted by atomic mass is 10.3. The Morgan fingerprint density at radius 2 is 1.82 bits per heavy atom. The fraction of sp³-hybridized carbons (Fsp3) is 0.154. The molecule has 9 heteroatoms. The SMILES string of the molecule is O=c1n(CC(F)(F)F)c2ccccc2n1-c1ccnc(Cl)n1. The summed E-state index contributed by atoms with van der Waals surface area (Å²) in [5.41, 5.74) is -0.362. The van der Waals surface area contributed by atoms with Crippen molar-refractivity contribution in [3.63, 3.8) is 0 Å². The summed E-state index contributed by atoms with van der Waals surface area (Å²) in [5.74, 6) is 0.113. The van der Waals surface area contributed by atoms with E-state index < -0.39 is 18.4 Å². The summed E-state index contributed by atoms with van der Waals surface area (Å²) in [6, 6.07) is 7.57.